The van der Waals surface area contributed by atoms with Gasteiger partial charge < -0.3 is 13.8 Å². The van der Waals surface area contributed by atoms with E-state index < -0.39 is 0 Å². The minimum absolute atomic E-state index is 0.179. The molecule has 1 atom stereocenters. The molecule has 152 valence electrons. The van der Waals surface area contributed by atoms with Gasteiger partial charge in [-0.05, 0) is 36.3 Å². The Bertz CT molecular complexity index is 1000. The number of benzene rings is 1. The number of fused-ring (bicyclic) bond motifs is 1. The minimum atomic E-state index is -0.191. The topological polar surface area (TPSA) is 85.3 Å². The Morgan fingerprint density at radius 2 is 1.97 bits per heavy atom. The summed E-state index contributed by atoms with van der Waals surface area (Å²) in [4.78, 5) is 14.6. The van der Waals surface area contributed by atoms with E-state index in [1.165, 1.54) is 0 Å². The number of carbonyl (C=O) groups excluding carboxylic acids is 1. The van der Waals surface area contributed by atoms with E-state index >= 15 is 0 Å². The van der Waals surface area contributed by atoms with E-state index in [4.69, 9.17) is 8.94 Å². The van der Waals surface area contributed by atoms with Crippen LogP contribution in [0.2, 0.25) is 0 Å². The monoisotopic (exact) mass is 394 g/mol. The smallest absolute Gasteiger partial charge is 0.276 e. The highest BCUT2D eigenvalue weighted by atomic mass is 16.5. The molecule has 2 aromatic heterocycles. The van der Waals surface area contributed by atoms with Gasteiger partial charge in [0.2, 0.25) is 11.8 Å². The van der Waals surface area contributed by atoms with Crippen molar-refractivity contribution in [1.82, 2.24) is 20.3 Å². The van der Waals surface area contributed by atoms with E-state index in [2.05, 4.69) is 36.1 Å². The molecule has 1 aliphatic rings. The molecule has 0 bridgehead atoms. The number of hydrogen-bond donors (Lipinski definition) is 0. The molecule has 7 nitrogen and oxygen atoms in total. The molecular weight excluding hydrogens is 368 g/mol. The second-order valence-electron chi connectivity index (χ2n) is 8.77. The van der Waals surface area contributed by atoms with Crippen molar-refractivity contribution in [2.75, 3.05) is 7.05 Å². The first kappa shape index (κ1) is 19.4. The molecule has 0 saturated carbocycles. The van der Waals surface area contributed by atoms with Crippen molar-refractivity contribution in [1.29, 1.82) is 0 Å². The highest BCUT2D eigenvalue weighted by molar-refractivity contribution is 5.93. The molecule has 4 rings (SSSR count). The average Bonchev–Trinajstić information content (AvgIpc) is 3.34. The number of hydrogen-bond acceptors (Lipinski definition) is 6. The summed E-state index contributed by atoms with van der Waals surface area (Å²) in [5.74, 6) is 1.96. The third-order valence-electron chi connectivity index (χ3n) is 5.67. The van der Waals surface area contributed by atoms with Gasteiger partial charge in [-0.25, -0.2) is 0 Å². The molecular formula is C22H26N4O3. The highest BCUT2D eigenvalue weighted by Gasteiger charge is 2.35. The number of amides is 1. The zero-order valence-corrected chi connectivity index (χ0v) is 17.3. The van der Waals surface area contributed by atoms with Gasteiger partial charge in [-0.3, -0.25) is 4.79 Å². The summed E-state index contributed by atoms with van der Waals surface area (Å²) in [6, 6.07) is 9.55. The van der Waals surface area contributed by atoms with Crippen molar-refractivity contribution >= 4 is 5.91 Å². The van der Waals surface area contributed by atoms with Crippen molar-refractivity contribution in [3.05, 3.63) is 53.2 Å². The Balaban J connectivity index is 1.49. The molecule has 7 heteroatoms. The summed E-state index contributed by atoms with van der Waals surface area (Å²) >= 11 is 0. The zero-order valence-electron chi connectivity index (χ0n) is 17.3. The van der Waals surface area contributed by atoms with Crippen molar-refractivity contribution < 1.29 is 13.7 Å². The first-order valence-corrected chi connectivity index (χ1v) is 9.93. The van der Waals surface area contributed by atoms with E-state index in [0.29, 0.717) is 23.4 Å². The molecule has 1 aromatic carbocycles. The van der Waals surface area contributed by atoms with Crippen LogP contribution in [0.1, 0.15) is 54.9 Å². The van der Waals surface area contributed by atoms with Crippen LogP contribution in [0.5, 0.6) is 0 Å². The fourth-order valence-corrected chi connectivity index (χ4v) is 3.78. The number of aryl methyl sites for hydroxylation is 1. The normalized spacial score (nSPS) is 16.5. The lowest BCUT2D eigenvalue weighted by Gasteiger charge is -2.33. The first-order chi connectivity index (χ1) is 13.8. The predicted octanol–water partition coefficient (Wildman–Crippen LogP) is 4.15. The SMILES string of the molecule is CN(Cc1nnc(-c2ccccc2)o1)C(=O)c1noc2c1CC(C(C)(C)C)CC2. The fraction of sp³-hybridized carbons (Fsp3) is 0.455. The number of aromatic nitrogens is 3. The van der Waals surface area contributed by atoms with Crippen molar-refractivity contribution in [3.63, 3.8) is 0 Å². The summed E-state index contributed by atoms with van der Waals surface area (Å²) in [5, 5.41) is 12.3. The molecule has 1 unspecified atom stereocenters. The van der Waals surface area contributed by atoms with Crippen LogP contribution in [-0.2, 0) is 19.4 Å². The number of rotatable bonds is 4. The molecule has 0 spiro atoms. The Kier molecular flexibility index (Phi) is 4.98. The van der Waals surface area contributed by atoms with Crippen molar-refractivity contribution in [3.8, 4) is 11.5 Å². The largest absolute Gasteiger partial charge is 0.419 e. The molecule has 0 aliphatic heterocycles. The quantitative estimate of drug-likeness (QED) is 0.661. The first-order valence-electron chi connectivity index (χ1n) is 9.93. The van der Waals surface area contributed by atoms with E-state index in [0.717, 1.165) is 36.1 Å². The van der Waals surface area contributed by atoms with E-state index in [9.17, 15) is 4.79 Å². The lowest BCUT2D eigenvalue weighted by atomic mass is 9.71. The maximum Gasteiger partial charge on any atom is 0.276 e. The molecule has 1 amide bonds. The van der Waals surface area contributed by atoms with Gasteiger partial charge in [-0.2, -0.15) is 0 Å². The highest BCUT2D eigenvalue weighted by Crippen LogP contribution is 2.38. The summed E-state index contributed by atoms with van der Waals surface area (Å²) < 4.78 is 11.2. The maximum atomic E-state index is 13.0. The Morgan fingerprint density at radius 3 is 2.69 bits per heavy atom. The molecule has 0 N–H and O–H groups in total. The molecule has 0 fully saturated rings. The zero-order chi connectivity index (χ0) is 20.6. The van der Waals surface area contributed by atoms with Crippen LogP contribution in [0.4, 0.5) is 0 Å². The van der Waals surface area contributed by atoms with Crippen LogP contribution in [0.25, 0.3) is 11.5 Å². The molecule has 29 heavy (non-hydrogen) atoms. The summed E-state index contributed by atoms with van der Waals surface area (Å²) in [5.41, 5.74) is 2.38. The van der Waals surface area contributed by atoms with Gasteiger partial charge in [-0.1, -0.05) is 44.1 Å². The van der Waals surface area contributed by atoms with Gasteiger partial charge in [0.1, 0.15) is 5.76 Å². The van der Waals surface area contributed by atoms with E-state index in [1.54, 1.807) is 11.9 Å². The van der Waals surface area contributed by atoms with Crippen LogP contribution < -0.4 is 0 Å². The van der Waals surface area contributed by atoms with Gasteiger partial charge in [0.25, 0.3) is 5.91 Å². The summed E-state index contributed by atoms with van der Waals surface area (Å²) in [7, 11) is 1.71. The summed E-state index contributed by atoms with van der Waals surface area (Å²) in [6.07, 6.45) is 2.70. The van der Waals surface area contributed by atoms with Crippen molar-refractivity contribution in [2.24, 2.45) is 11.3 Å². The summed E-state index contributed by atoms with van der Waals surface area (Å²) in [6.45, 7) is 6.93. The lowest BCUT2D eigenvalue weighted by Crippen LogP contribution is -2.30. The Labute approximate surface area is 170 Å². The predicted molar refractivity (Wildman–Crippen MR) is 107 cm³/mol. The van der Waals surface area contributed by atoms with Gasteiger partial charge in [0, 0.05) is 24.6 Å². The van der Waals surface area contributed by atoms with Gasteiger partial charge in [0.05, 0.1) is 6.54 Å². The molecule has 2 heterocycles. The lowest BCUT2D eigenvalue weighted by molar-refractivity contribution is 0.0761. The minimum Gasteiger partial charge on any atom is -0.419 e. The van der Waals surface area contributed by atoms with Gasteiger partial charge in [-0.15, -0.1) is 10.2 Å². The third kappa shape index (κ3) is 3.95. The van der Waals surface area contributed by atoms with Gasteiger partial charge in [0.15, 0.2) is 5.69 Å². The molecule has 1 aliphatic carbocycles. The number of carbonyl (C=O) groups is 1. The van der Waals surface area contributed by atoms with Crippen LogP contribution in [0.15, 0.2) is 39.3 Å². The van der Waals surface area contributed by atoms with Crippen LogP contribution in [-0.4, -0.2) is 33.2 Å². The second kappa shape index (κ2) is 7.46. The third-order valence-corrected chi connectivity index (χ3v) is 5.67. The van der Waals surface area contributed by atoms with Crippen LogP contribution >= 0.6 is 0 Å². The molecule has 0 radical (unpaired) electrons. The van der Waals surface area contributed by atoms with E-state index in [-0.39, 0.29) is 17.9 Å². The van der Waals surface area contributed by atoms with E-state index in [1.807, 2.05) is 30.3 Å². The maximum absolute atomic E-state index is 13.0. The molecule has 0 saturated heterocycles. The van der Waals surface area contributed by atoms with Crippen LogP contribution in [0.3, 0.4) is 0 Å². The second-order valence-corrected chi connectivity index (χ2v) is 8.77. The number of nitrogens with zero attached hydrogens (tertiary/aromatic N) is 4. The van der Waals surface area contributed by atoms with Crippen LogP contribution in [0, 0.1) is 11.3 Å². The molecule has 3 aromatic rings. The van der Waals surface area contributed by atoms with Gasteiger partial charge >= 0.3 is 0 Å². The fourth-order valence-electron chi connectivity index (χ4n) is 3.78. The average molecular weight is 394 g/mol. The van der Waals surface area contributed by atoms with Crippen molar-refractivity contribution in [2.45, 2.75) is 46.6 Å². The Hall–Kier alpha value is -2.96. The Morgan fingerprint density at radius 1 is 1.21 bits per heavy atom. The standard InChI is InChI=1S/C22H26N4O3/c1-22(2,3)15-10-11-17-16(12-15)19(25-29-17)21(27)26(4)13-18-23-24-20(28-18)14-8-6-5-7-9-14/h5-9,15H,10-13H2,1-4H3.